The van der Waals surface area contributed by atoms with Crippen LogP contribution in [-0.2, 0) is 6.54 Å². The molecule has 0 amide bonds. The van der Waals surface area contributed by atoms with E-state index in [0.29, 0.717) is 15.5 Å². The van der Waals surface area contributed by atoms with E-state index in [4.69, 9.17) is 0 Å². The summed E-state index contributed by atoms with van der Waals surface area (Å²) in [4.78, 5) is 21.5. The van der Waals surface area contributed by atoms with Gasteiger partial charge in [0.1, 0.15) is 4.70 Å². The standard InChI is InChI=1S/C14H12N4OS2/c19-12-10-11(17-14-18(12)7-4-8-20-14)16-13(21-10)15-9-5-2-1-3-6-9/h1-3,5-6H,4,7-8H2,(H,15,16). The van der Waals surface area contributed by atoms with Crippen molar-refractivity contribution in [3.63, 3.8) is 0 Å². The highest BCUT2D eigenvalue weighted by atomic mass is 32.2. The molecule has 1 N–H and O–H groups in total. The van der Waals surface area contributed by atoms with Crippen LogP contribution in [0.1, 0.15) is 6.42 Å². The number of hydrogen-bond donors (Lipinski definition) is 1. The third kappa shape index (κ3) is 2.32. The molecule has 0 radical (unpaired) electrons. The monoisotopic (exact) mass is 316 g/mol. The third-order valence-corrected chi connectivity index (χ3v) is 5.27. The van der Waals surface area contributed by atoms with Crippen LogP contribution in [0.3, 0.4) is 0 Å². The molecule has 0 saturated heterocycles. The number of nitrogens with one attached hydrogen (secondary N) is 1. The lowest BCUT2D eigenvalue weighted by Crippen LogP contribution is -2.25. The number of nitrogens with zero attached hydrogens (tertiary/aromatic N) is 3. The first kappa shape index (κ1) is 12.8. The average molecular weight is 316 g/mol. The second-order valence-electron chi connectivity index (χ2n) is 4.72. The quantitative estimate of drug-likeness (QED) is 0.736. The molecule has 21 heavy (non-hydrogen) atoms. The summed E-state index contributed by atoms with van der Waals surface area (Å²) in [5, 5.41) is 4.71. The molecule has 1 aromatic carbocycles. The smallest absolute Gasteiger partial charge is 0.273 e. The van der Waals surface area contributed by atoms with Gasteiger partial charge in [-0.2, -0.15) is 4.98 Å². The highest BCUT2D eigenvalue weighted by Crippen LogP contribution is 2.28. The van der Waals surface area contributed by atoms with E-state index in [-0.39, 0.29) is 5.56 Å². The average Bonchev–Trinajstić information content (AvgIpc) is 2.91. The van der Waals surface area contributed by atoms with E-state index in [2.05, 4.69) is 15.3 Å². The molecule has 3 aromatic rings. The van der Waals surface area contributed by atoms with Crippen LogP contribution in [0.15, 0.2) is 40.3 Å². The van der Waals surface area contributed by atoms with E-state index in [1.165, 1.54) is 11.3 Å². The molecule has 1 aliphatic rings. The first-order valence-electron chi connectivity index (χ1n) is 6.67. The Bertz CT molecular complexity index is 857. The Morgan fingerprint density at radius 2 is 2.05 bits per heavy atom. The van der Waals surface area contributed by atoms with E-state index in [1.807, 2.05) is 30.3 Å². The Balaban J connectivity index is 1.79. The number of para-hydroxylation sites is 1. The minimum Gasteiger partial charge on any atom is -0.331 e. The maximum Gasteiger partial charge on any atom is 0.273 e. The molecule has 5 nitrogen and oxygen atoms in total. The summed E-state index contributed by atoms with van der Waals surface area (Å²) in [7, 11) is 0. The zero-order valence-corrected chi connectivity index (χ0v) is 12.7. The van der Waals surface area contributed by atoms with Crippen LogP contribution >= 0.6 is 23.1 Å². The molecule has 3 heterocycles. The topological polar surface area (TPSA) is 59.8 Å². The number of benzene rings is 1. The summed E-state index contributed by atoms with van der Waals surface area (Å²) in [6.07, 6.45) is 1.01. The van der Waals surface area contributed by atoms with Gasteiger partial charge in [-0.25, -0.2) is 4.98 Å². The summed E-state index contributed by atoms with van der Waals surface area (Å²) in [6, 6.07) is 9.81. The van der Waals surface area contributed by atoms with Gasteiger partial charge in [-0.05, 0) is 18.6 Å². The van der Waals surface area contributed by atoms with Crippen LogP contribution in [0.25, 0.3) is 10.3 Å². The van der Waals surface area contributed by atoms with Crippen molar-refractivity contribution in [2.75, 3.05) is 11.1 Å². The van der Waals surface area contributed by atoms with E-state index < -0.39 is 0 Å². The molecule has 0 aliphatic carbocycles. The van der Waals surface area contributed by atoms with Crippen molar-refractivity contribution in [3.05, 3.63) is 40.7 Å². The highest BCUT2D eigenvalue weighted by molar-refractivity contribution is 7.99. The Kier molecular flexibility index (Phi) is 3.16. The van der Waals surface area contributed by atoms with Gasteiger partial charge >= 0.3 is 0 Å². The fourth-order valence-corrected chi connectivity index (χ4v) is 4.09. The van der Waals surface area contributed by atoms with Crippen LogP contribution in [0, 0.1) is 0 Å². The van der Waals surface area contributed by atoms with E-state index in [9.17, 15) is 4.79 Å². The molecule has 0 bridgehead atoms. The van der Waals surface area contributed by atoms with Gasteiger partial charge < -0.3 is 5.32 Å². The lowest BCUT2D eigenvalue weighted by molar-refractivity contribution is 0.571. The number of thiazole rings is 1. The van der Waals surface area contributed by atoms with Gasteiger partial charge in [0.2, 0.25) is 0 Å². The Labute approximate surface area is 129 Å². The molecule has 0 saturated carbocycles. The molecule has 0 unspecified atom stereocenters. The van der Waals surface area contributed by atoms with Crippen molar-refractivity contribution in [2.24, 2.45) is 0 Å². The zero-order chi connectivity index (χ0) is 14.2. The van der Waals surface area contributed by atoms with Gasteiger partial charge in [0, 0.05) is 18.0 Å². The number of thioether (sulfide) groups is 1. The Hall–Kier alpha value is -1.86. The van der Waals surface area contributed by atoms with Crippen molar-refractivity contribution in [2.45, 2.75) is 18.1 Å². The van der Waals surface area contributed by atoms with Gasteiger partial charge in [-0.1, -0.05) is 41.3 Å². The second kappa shape index (κ2) is 5.16. The largest absolute Gasteiger partial charge is 0.331 e. The van der Waals surface area contributed by atoms with Gasteiger partial charge in [-0.15, -0.1) is 0 Å². The molecule has 0 spiro atoms. The van der Waals surface area contributed by atoms with Crippen LogP contribution in [0.2, 0.25) is 0 Å². The molecule has 1 aliphatic heterocycles. The fraction of sp³-hybridized carbons (Fsp3) is 0.214. The van der Waals surface area contributed by atoms with Gasteiger partial charge in [-0.3, -0.25) is 9.36 Å². The van der Waals surface area contributed by atoms with Crippen LogP contribution in [-0.4, -0.2) is 20.3 Å². The first-order valence-corrected chi connectivity index (χ1v) is 8.48. The molecule has 106 valence electrons. The van der Waals surface area contributed by atoms with Crippen molar-refractivity contribution in [1.29, 1.82) is 0 Å². The predicted octanol–water partition coefficient (Wildman–Crippen LogP) is 3.09. The number of rotatable bonds is 2. The van der Waals surface area contributed by atoms with Crippen molar-refractivity contribution in [1.82, 2.24) is 14.5 Å². The minimum absolute atomic E-state index is 0.0285. The van der Waals surface area contributed by atoms with E-state index in [1.54, 1.807) is 16.3 Å². The molecular formula is C14H12N4OS2. The SMILES string of the molecule is O=c1c2sc(Nc3ccccc3)nc2nc2n1CCCS2. The molecule has 7 heteroatoms. The highest BCUT2D eigenvalue weighted by Gasteiger charge is 2.18. The summed E-state index contributed by atoms with van der Waals surface area (Å²) in [5.74, 6) is 1.01. The number of anilines is 2. The Morgan fingerprint density at radius 1 is 1.19 bits per heavy atom. The Morgan fingerprint density at radius 3 is 2.90 bits per heavy atom. The summed E-state index contributed by atoms with van der Waals surface area (Å²) < 4.78 is 2.39. The van der Waals surface area contributed by atoms with E-state index in [0.717, 1.165) is 29.6 Å². The first-order chi connectivity index (χ1) is 10.3. The fourth-order valence-electron chi connectivity index (χ4n) is 2.28. The second-order valence-corrected chi connectivity index (χ2v) is 6.78. The van der Waals surface area contributed by atoms with Crippen molar-refractivity contribution < 1.29 is 0 Å². The predicted molar refractivity (Wildman–Crippen MR) is 86.7 cm³/mol. The zero-order valence-electron chi connectivity index (χ0n) is 11.1. The summed E-state index contributed by atoms with van der Waals surface area (Å²) in [5.41, 5.74) is 1.53. The normalized spacial score (nSPS) is 14.1. The van der Waals surface area contributed by atoms with Gasteiger partial charge in [0.25, 0.3) is 5.56 Å². The summed E-state index contributed by atoms with van der Waals surface area (Å²) >= 11 is 2.99. The molecule has 2 aromatic heterocycles. The maximum absolute atomic E-state index is 12.5. The van der Waals surface area contributed by atoms with Crippen LogP contribution in [0.5, 0.6) is 0 Å². The molecule has 4 rings (SSSR count). The van der Waals surface area contributed by atoms with Crippen LogP contribution in [0.4, 0.5) is 10.8 Å². The number of hydrogen-bond acceptors (Lipinski definition) is 6. The molecular weight excluding hydrogens is 304 g/mol. The van der Waals surface area contributed by atoms with Crippen molar-refractivity contribution >= 4 is 44.3 Å². The van der Waals surface area contributed by atoms with Crippen molar-refractivity contribution in [3.8, 4) is 0 Å². The number of fused-ring (bicyclic) bond motifs is 2. The lowest BCUT2D eigenvalue weighted by Gasteiger charge is -2.15. The van der Waals surface area contributed by atoms with Gasteiger partial charge in [0.05, 0.1) is 0 Å². The van der Waals surface area contributed by atoms with Crippen LogP contribution < -0.4 is 10.9 Å². The molecule has 0 fully saturated rings. The number of aromatic nitrogens is 3. The minimum atomic E-state index is 0.0285. The lowest BCUT2D eigenvalue weighted by atomic mass is 10.3. The maximum atomic E-state index is 12.5. The molecule has 0 atom stereocenters. The summed E-state index contributed by atoms with van der Waals surface area (Å²) in [6.45, 7) is 0.753. The van der Waals surface area contributed by atoms with E-state index >= 15 is 0 Å². The van der Waals surface area contributed by atoms with Gasteiger partial charge in [0.15, 0.2) is 15.9 Å². The third-order valence-electron chi connectivity index (χ3n) is 3.26.